The molecule has 0 N–H and O–H groups in total. The standard InChI is InChI=1S/C25H24FN5O/c1-18(19-6-9-21(26)10-7-19)30-12-14-31(15-13-30)23-16-25(28-17-27-23)32-24-11-8-20-4-2-3-5-22(20)29-24/h2-11,16-18H,12-15H2,1H3. The van der Waals surface area contributed by atoms with E-state index in [2.05, 4.69) is 31.7 Å². The predicted octanol–water partition coefficient (Wildman–Crippen LogP) is 4.84. The molecule has 2 aromatic carbocycles. The maximum atomic E-state index is 13.2. The summed E-state index contributed by atoms with van der Waals surface area (Å²) >= 11 is 0. The molecule has 162 valence electrons. The van der Waals surface area contributed by atoms with Crippen LogP contribution in [-0.2, 0) is 0 Å². The lowest BCUT2D eigenvalue weighted by Crippen LogP contribution is -2.47. The molecule has 1 fully saturated rings. The second-order valence-corrected chi connectivity index (χ2v) is 7.91. The van der Waals surface area contributed by atoms with E-state index in [0.29, 0.717) is 11.8 Å². The molecule has 2 aromatic heterocycles. The minimum atomic E-state index is -0.202. The number of hydrogen-bond acceptors (Lipinski definition) is 6. The summed E-state index contributed by atoms with van der Waals surface area (Å²) in [5, 5.41) is 1.07. The zero-order valence-corrected chi connectivity index (χ0v) is 17.9. The summed E-state index contributed by atoms with van der Waals surface area (Å²) < 4.78 is 19.1. The van der Waals surface area contributed by atoms with Crippen molar-refractivity contribution in [1.82, 2.24) is 19.9 Å². The van der Waals surface area contributed by atoms with Crippen LogP contribution >= 0.6 is 0 Å². The van der Waals surface area contributed by atoms with Crippen molar-refractivity contribution in [3.63, 3.8) is 0 Å². The van der Waals surface area contributed by atoms with E-state index in [1.165, 1.54) is 18.5 Å². The minimum absolute atomic E-state index is 0.202. The Kier molecular flexibility index (Phi) is 5.64. The average molecular weight is 429 g/mol. The van der Waals surface area contributed by atoms with Crippen molar-refractivity contribution in [1.29, 1.82) is 0 Å². The number of rotatable bonds is 5. The molecule has 4 aromatic rings. The number of anilines is 1. The SMILES string of the molecule is CC(c1ccc(F)cc1)N1CCN(c2cc(Oc3ccc4ccccc4n3)ncn2)CC1. The van der Waals surface area contributed by atoms with Crippen molar-refractivity contribution in [2.75, 3.05) is 31.1 Å². The van der Waals surface area contributed by atoms with Crippen LogP contribution in [0.15, 0.2) is 73.1 Å². The molecule has 1 atom stereocenters. The predicted molar refractivity (Wildman–Crippen MR) is 122 cm³/mol. The Hall–Kier alpha value is -3.58. The van der Waals surface area contributed by atoms with Crippen molar-refractivity contribution < 1.29 is 9.13 Å². The summed E-state index contributed by atoms with van der Waals surface area (Å²) in [6, 6.07) is 20.6. The molecule has 5 rings (SSSR count). The van der Waals surface area contributed by atoms with Gasteiger partial charge in [0.2, 0.25) is 11.8 Å². The Morgan fingerprint density at radius 2 is 1.66 bits per heavy atom. The van der Waals surface area contributed by atoms with Gasteiger partial charge in [0.05, 0.1) is 5.52 Å². The first kappa shape index (κ1) is 20.3. The van der Waals surface area contributed by atoms with Gasteiger partial charge in [0.1, 0.15) is 18.0 Å². The summed E-state index contributed by atoms with van der Waals surface area (Å²) in [6.45, 7) is 5.64. The van der Waals surface area contributed by atoms with Gasteiger partial charge in [-0.2, -0.15) is 0 Å². The van der Waals surface area contributed by atoms with Crippen molar-refractivity contribution >= 4 is 16.7 Å². The molecule has 1 aliphatic heterocycles. The number of hydrogen-bond donors (Lipinski definition) is 0. The molecule has 3 heterocycles. The molecule has 1 unspecified atom stereocenters. The molecule has 0 spiro atoms. The van der Waals surface area contributed by atoms with Crippen LogP contribution in [-0.4, -0.2) is 46.0 Å². The van der Waals surface area contributed by atoms with Crippen LogP contribution in [0.5, 0.6) is 11.8 Å². The van der Waals surface area contributed by atoms with Gasteiger partial charge in [0, 0.05) is 49.7 Å². The first-order valence-corrected chi connectivity index (χ1v) is 10.8. The van der Waals surface area contributed by atoms with E-state index in [4.69, 9.17) is 4.74 Å². The summed E-state index contributed by atoms with van der Waals surface area (Å²) in [5.41, 5.74) is 2.01. The van der Waals surface area contributed by atoms with E-state index in [-0.39, 0.29) is 11.9 Å². The monoisotopic (exact) mass is 429 g/mol. The Bertz CT molecular complexity index is 1210. The molecule has 0 saturated carbocycles. The topological polar surface area (TPSA) is 54.4 Å². The van der Waals surface area contributed by atoms with E-state index in [9.17, 15) is 4.39 Å². The minimum Gasteiger partial charge on any atom is -0.421 e. The third-order valence-electron chi connectivity index (χ3n) is 5.95. The number of piperazine rings is 1. The van der Waals surface area contributed by atoms with Crippen molar-refractivity contribution in [3.8, 4) is 11.8 Å². The number of pyridine rings is 1. The fourth-order valence-corrected chi connectivity index (χ4v) is 4.06. The lowest BCUT2D eigenvalue weighted by atomic mass is 10.1. The van der Waals surface area contributed by atoms with Gasteiger partial charge >= 0.3 is 0 Å². The fraction of sp³-hybridized carbons (Fsp3) is 0.240. The summed E-state index contributed by atoms with van der Waals surface area (Å²) in [5.74, 6) is 1.61. The van der Waals surface area contributed by atoms with Crippen LogP contribution in [0.4, 0.5) is 10.2 Å². The zero-order valence-electron chi connectivity index (χ0n) is 17.9. The highest BCUT2D eigenvalue weighted by molar-refractivity contribution is 5.78. The van der Waals surface area contributed by atoms with E-state index in [0.717, 1.165) is 48.5 Å². The van der Waals surface area contributed by atoms with E-state index >= 15 is 0 Å². The molecule has 0 bridgehead atoms. The lowest BCUT2D eigenvalue weighted by Gasteiger charge is -2.38. The summed E-state index contributed by atoms with van der Waals surface area (Å²) in [7, 11) is 0. The Balaban J connectivity index is 1.24. The maximum Gasteiger partial charge on any atom is 0.226 e. The number of benzene rings is 2. The number of halogens is 1. The van der Waals surface area contributed by atoms with Gasteiger partial charge in [-0.15, -0.1) is 0 Å². The third kappa shape index (κ3) is 4.38. The van der Waals surface area contributed by atoms with Crippen molar-refractivity contribution in [3.05, 3.63) is 84.4 Å². The van der Waals surface area contributed by atoms with Crippen LogP contribution in [0.2, 0.25) is 0 Å². The Labute approximate surface area is 186 Å². The number of aromatic nitrogens is 3. The van der Waals surface area contributed by atoms with Crippen LogP contribution < -0.4 is 9.64 Å². The third-order valence-corrected chi connectivity index (χ3v) is 5.95. The molecule has 1 aliphatic rings. The molecule has 1 saturated heterocycles. The summed E-state index contributed by atoms with van der Waals surface area (Å²) in [6.07, 6.45) is 1.53. The normalized spacial score (nSPS) is 15.6. The first-order chi connectivity index (χ1) is 15.7. The number of fused-ring (bicyclic) bond motifs is 1. The van der Waals surface area contributed by atoms with E-state index < -0.39 is 0 Å². The maximum absolute atomic E-state index is 13.2. The smallest absolute Gasteiger partial charge is 0.226 e. The Morgan fingerprint density at radius 3 is 2.47 bits per heavy atom. The number of para-hydroxylation sites is 1. The fourth-order valence-electron chi connectivity index (χ4n) is 4.06. The molecule has 32 heavy (non-hydrogen) atoms. The summed E-state index contributed by atoms with van der Waals surface area (Å²) in [4.78, 5) is 17.9. The molecule has 0 aliphatic carbocycles. The highest BCUT2D eigenvalue weighted by atomic mass is 19.1. The van der Waals surface area contributed by atoms with Crippen LogP contribution in [0.1, 0.15) is 18.5 Å². The molecular formula is C25H24FN5O. The van der Waals surface area contributed by atoms with Crippen molar-refractivity contribution in [2.45, 2.75) is 13.0 Å². The molecule has 6 nitrogen and oxygen atoms in total. The van der Waals surface area contributed by atoms with Gasteiger partial charge in [0.15, 0.2) is 0 Å². The van der Waals surface area contributed by atoms with E-state index in [1.54, 1.807) is 0 Å². The van der Waals surface area contributed by atoms with Gasteiger partial charge in [-0.1, -0.05) is 30.3 Å². The van der Waals surface area contributed by atoms with Gasteiger partial charge in [0.25, 0.3) is 0 Å². The lowest BCUT2D eigenvalue weighted by molar-refractivity contribution is 0.198. The second-order valence-electron chi connectivity index (χ2n) is 7.91. The van der Waals surface area contributed by atoms with Crippen LogP contribution in [0.3, 0.4) is 0 Å². The van der Waals surface area contributed by atoms with Crippen LogP contribution in [0.25, 0.3) is 10.9 Å². The van der Waals surface area contributed by atoms with Crippen molar-refractivity contribution in [2.24, 2.45) is 0 Å². The van der Waals surface area contributed by atoms with Crippen LogP contribution in [0, 0.1) is 5.82 Å². The number of nitrogens with zero attached hydrogens (tertiary/aromatic N) is 5. The second kappa shape index (κ2) is 8.88. The average Bonchev–Trinajstić information content (AvgIpc) is 2.84. The van der Waals surface area contributed by atoms with E-state index in [1.807, 2.05) is 54.6 Å². The van der Waals surface area contributed by atoms with Gasteiger partial charge in [-0.05, 0) is 36.8 Å². The van der Waals surface area contributed by atoms with Gasteiger partial charge < -0.3 is 9.64 Å². The zero-order chi connectivity index (χ0) is 21.9. The molecule has 0 amide bonds. The highest BCUT2D eigenvalue weighted by Crippen LogP contribution is 2.26. The first-order valence-electron chi connectivity index (χ1n) is 10.8. The Morgan fingerprint density at radius 1 is 0.875 bits per heavy atom. The van der Waals surface area contributed by atoms with Gasteiger partial charge in [-0.25, -0.2) is 19.3 Å². The quantitative estimate of drug-likeness (QED) is 0.453. The highest BCUT2D eigenvalue weighted by Gasteiger charge is 2.23. The largest absolute Gasteiger partial charge is 0.421 e. The molecule has 0 radical (unpaired) electrons. The van der Waals surface area contributed by atoms with Gasteiger partial charge in [-0.3, -0.25) is 4.90 Å². The molecule has 7 heteroatoms. The molecular weight excluding hydrogens is 405 g/mol. The number of ether oxygens (including phenoxy) is 1.